The van der Waals surface area contributed by atoms with Crippen molar-refractivity contribution in [3.05, 3.63) is 53.6 Å². The number of carbonyl (C=O) groups is 2. The van der Waals surface area contributed by atoms with Crippen molar-refractivity contribution in [2.24, 2.45) is 5.92 Å². The van der Waals surface area contributed by atoms with Crippen LogP contribution in [0.1, 0.15) is 60.2 Å². The van der Waals surface area contributed by atoms with Gasteiger partial charge in [0.15, 0.2) is 0 Å². The maximum atomic E-state index is 12.6. The highest BCUT2D eigenvalue weighted by Crippen LogP contribution is 2.32. The molecular weight excluding hydrogens is 338 g/mol. The van der Waals surface area contributed by atoms with E-state index in [1.165, 1.54) is 12.8 Å². The molecule has 27 heavy (non-hydrogen) atoms. The zero-order chi connectivity index (χ0) is 19.2. The van der Waals surface area contributed by atoms with Gasteiger partial charge in [-0.2, -0.15) is 0 Å². The average Bonchev–Trinajstić information content (AvgIpc) is 2.83. The van der Waals surface area contributed by atoms with Crippen LogP contribution in [0.25, 0.3) is 0 Å². The van der Waals surface area contributed by atoms with E-state index in [1.807, 2.05) is 24.3 Å². The van der Waals surface area contributed by atoms with Crippen LogP contribution in [0.3, 0.4) is 0 Å². The summed E-state index contributed by atoms with van der Waals surface area (Å²) in [4.78, 5) is 25.0. The Bertz CT molecular complexity index is 832. The second-order valence-corrected chi connectivity index (χ2v) is 7.01. The Balaban J connectivity index is 1.72. The van der Waals surface area contributed by atoms with Crippen LogP contribution >= 0.6 is 0 Å². The second kappa shape index (κ2) is 8.71. The fourth-order valence-corrected chi connectivity index (χ4v) is 3.31. The Hall–Kier alpha value is -2.82. The van der Waals surface area contributed by atoms with Gasteiger partial charge in [-0.15, -0.1) is 0 Å². The summed E-state index contributed by atoms with van der Waals surface area (Å²) in [5.74, 6) is 0.217. The van der Waals surface area contributed by atoms with Crippen molar-refractivity contribution in [3.63, 3.8) is 0 Å². The minimum atomic E-state index is -0.181. The second-order valence-electron chi connectivity index (χ2n) is 7.01. The summed E-state index contributed by atoms with van der Waals surface area (Å²) in [7, 11) is 0. The van der Waals surface area contributed by atoms with Crippen LogP contribution in [0.15, 0.2) is 42.5 Å². The van der Waals surface area contributed by atoms with Gasteiger partial charge in [0.05, 0.1) is 22.6 Å². The molecule has 2 aromatic rings. The van der Waals surface area contributed by atoms with E-state index in [0.29, 0.717) is 29.3 Å². The molecule has 2 amide bonds. The lowest BCUT2D eigenvalue weighted by Gasteiger charge is -2.16. The number of benzene rings is 2. The number of unbranched alkanes of at least 4 members (excludes halogenated alkanes) is 1. The molecule has 5 nitrogen and oxygen atoms in total. The minimum absolute atomic E-state index is 0.108. The topological polar surface area (TPSA) is 70.2 Å². The van der Waals surface area contributed by atoms with Crippen molar-refractivity contribution in [2.45, 2.75) is 39.5 Å². The highest BCUT2D eigenvalue weighted by Gasteiger charge is 2.20. The third-order valence-corrected chi connectivity index (χ3v) is 5.07. The number of amides is 2. The Morgan fingerprint density at radius 2 is 1.85 bits per heavy atom. The first-order chi connectivity index (χ1) is 13.1. The van der Waals surface area contributed by atoms with Gasteiger partial charge in [-0.3, -0.25) is 9.59 Å². The van der Waals surface area contributed by atoms with Gasteiger partial charge in [0, 0.05) is 12.1 Å². The third kappa shape index (κ3) is 4.48. The molecule has 1 aliphatic rings. The van der Waals surface area contributed by atoms with Gasteiger partial charge in [0.2, 0.25) is 0 Å². The predicted octanol–water partition coefficient (Wildman–Crippen LogP) is 4.94. The number of nitrogens with one attached hydrogen (secondary N) is 3. The summed E-state index contributed by atoms with van der Waals surface area (Å²) in [6.45, 7) is 5.03. The van der Waals surface area contributed by atoms with Gasteiger partial charge in [0.1, 0.15) is 0 Å². The van der Waals surface area contributed by atoms with Crippen molar-refractivity contribution >= 4 is 28.9 Å². The van der Waals surface area contributed by atoms with E-state index in [1.54, 1.807) is 18.2 Å². The molecule has 0 bridgehead atoms. The van der Waals surface area contributed by atoms with Crippen LogP contribution in [0, 0.1) is 5.92 Å². The molecule has 0 saturated heterocycles. The normalized spacial score (nSPS) is 13.5. The molecule has 0 saturated carbocycles. The number of rotatable bonds is 7. The molecule has 0 radical (unpaired) electrons. The van der Waals surface area contributed by atoms with Gasteiger partial charge < -0.3 is 16.0 Å². The number of anilines is 3. The Kier molecular flexibility index (Phi) is 6.12. The van der Waals surface area contributed by atoms with E-state index in [4.69, 9.17) is 0 Å². The molecule has 0 aliphatic carbocycles. The molecule has 3 rings (SSSR count). The molecule has 5 heteroatoms. The van der Waals surface area contributed by atoms with E-state index in [2.05, 4.69) is 29.8 Å². The lowest BCUT2D eigenvalue weighted by molar-refractivity contribution is 0.0944. The van der Waals surface area contributed by atoms with Crippen molar-refractivity contribution in [1.29, 1.82) is 0 Å². The quantitative estimate of drug-likeness (QED) is 0.651. The molecule has 0 aromatic heterocycles. The molecule has 142 valence electrons. The Labute approximate surface area is 160 Å². The smallest absolute Gasteiger partial charge is 0.257 e. The summed E-state index contributed by atoms with van der Waals surface area (Å²) < 4.78 is 0. The highest BCUT2D eigenvalue weighted by atomic mass is 16.2. The van der Waals surface area contributed by atoms with E-state index < -0.39 is 0 Å². The first-order valence-electron chi connectivity index (χ1n) is 9.72. The van der Waals surface area contributed by atoms with Gasteiger partial charge >= 0.3 is 0 Å². The summed E-state index contributed by atoms with van der Waals surface area (Å²) in [5, 5.41) is 9.20. The molecule has 1 heterocycles. The van der Waals surface area contributed by atoms with Crippen LogP contribution in [0.2, 0.25) is 0 Å². The summed E-state index contributed by atoms with van der Waals surface area (Å²) >= 11 is 0. The van der Waals surface area contributed by atoms with E-state index in [0.717, 1.165) is 24.2 Å². The van der Waals surface area contributed by atoms with Gasteiger partial charge in [-0.1, -0.05) is 45.2 Å². The van der Waals surface area contributed by atoms with Gasteiger partial charge in [-0.25, -0.2) is 0 Å². The third-order valence-electron chi connectivity index (χ3n) is 5.07. The zero-order valence-corrected chi connectivity index (χ0v) is 16.0. The molecule has 3 N–H and O–H groups in total. The number of carbonyl (C=O) groups excluding carboxylic acids is 2. The summed E-state index contributed by atoms with van der Waals surface area (Å²) in [5.41, 5.74) is 3.28. The summed E-state index contributed by atoms with van der Waals surface area (Å²) in [6, 6.07) is 12.7. The van der Waals surface area contributed by atoms with Crippen molar-refractivity contribution in [3.8, 4) is 0 Å². The molecular formula is C22H27N3O2. The maximum absolute atomic E-state index is 12.6. The first kappa shape index (κ1) is 19.0. The number of hydrogen-bond donors (Lipinski definition) is 3. The SMILES string of the molecule is CCCCC(CC)CNC(=O)c1ccc2c(c1)NC(=O)c1ccccc1N2. The zero-order valence-electron chi connectivity index (χ0n) is 16.0. The van der Waals surface area contributed by atoms with Crippen molar-refractivity contribution in [1.82, 2.24) is 5.32 Å². The number of hydrogen-bond acceptors (Lipinski definition) is 3. The molecule has 1 atom stereocenters. The average molecular weight is 365 g/mol. The van der Waals surface area contributed by atoms with Crippen LogP contribution in [-0.4, -0.2) is 18.4 Å². The van der Waals surface area contributed by atoms with Gasteiger partial charge in [0.25, 0.3) is 11.8 Å². The fourth-order valence-electron chi connectivity index (χ4n) is 3.31. The molecule has 0 fully saturated rings. The monoisotopic (exact) mass is 365 g/mol. The van der Waals surface area contributed by atoms with Gasteiger partial charge in [-0.05, 0) is 42.7 Å². The fraction of sp³-hybridized carbons (Fsp3) is 0.364. The highest BCUT2D eigenvalue weighted by molar-refractivity contribution is 6.12. The molecule has 1 unspecified atom stereocenters. The number of fused-ring (bicyclic) bond motifs is 2. The molecule has 0 spiro atoms. The molecule has 1 aliphatic heterocycles. The standard InChI is InChI=1S/C22H27N3O2/c1-3-5-8-15(4-2)14-23-21(26)16-11-12-19-20(13-16)25-22(27)17-9-6-7-10-18(17)24-19/h6-7,9-13,15,24H,3-5,8,14H2,1-2H3,(H,23,26)(H,25,27). The van der Waals surface area contributed by atoms with Crippen LogP contribution in [0.4, 0.5) is 17.1 Å². The number of para-hydroxylation sites is 1. The largest absolute Gasteiger partial charge is 0.353 e. The first-order valence-corrected chi connectivity index (χ1v) is 9.72. The van der Waals surface area contributed by atoms with Crippen molar-refractivity contribution < 1.29 is 9.59 Å². The predicted molar refractivity (Wildman–Crippen MR) is 110 cm³/mol. The molecule has 2 aromatic carbocycles. The summed E-state index contributed by atoms with van der Waals surface area (Å²) in [6.07, 6.45) is 4.55. The van der Waals surface area contributed by atoms with Crippen molar-refractivity contribution in [2.75, 3.05) is 17.2 Å². The van der Waals surface area contributed by atoms with Crippen LogP contribution in [0.5, 0.6) is 0 Å². The Morgan fingerprint density at radius 1 is 1.04 bits per heavy atom. The lowest BCUT2D eigenvalue weighted by Crippen LogP contribution is -2.29. The van der Waals surface area contributed by atoms with E-state index in [9.17, 15) is 9.59 Å². The Morgan fingerprint density at radius 3 is 2.63 bits per heavy atom. The van der Waals surface area contributed by atoms with Crippen LogP contribution in [-0.2, 0) is 0 Å². The van der Waals surface area contributed by atoms with Crippen LogP contribution < -0.4 is 16.0 Å². The van der Waals surface area contributed by atoms with E-state index >= 15 is 0 Å². The lowest BCUT2D eigenvalue weighted by atomic mass is 9.99. The van der Waals surface area contributed by atoms with E-state index in [-0.39, 0.29) is 11.8 Å². The minimum Gasteiger partial charge on any atom is -0.353 e. The maximum Gasteiger partial charge on any atom is 0.257 e.